The zero-order chi connectivity index (χ0) is 34.6. The Kier molecular flexibility index (Phi) is 13.8. The van der Waals surface area contributed by atoms with Gasteiger partial charge in [-0.2, -0.15) is 23.1 Å². The maximum atomic E-state index is 13.9. The summed E-state index contributed by atoms with van der Waals surface area (Å²) in [6, 6.07) is 20.5. The lowest BCUT2D eigenvalue weighted by Gasteiger charge is -2.55. The summed E-state index contributed by atoms with van der Waals surface area (Å²) in [6.45, 7) is 6.47. The van der Waals surface area contributed by atoms with Crippen molar-refractivity contribution in [1.82, 2.24) is 24.7 Å². The van der Waals surface area contributed by atoms with Crippen LogP contribution in [0.2, 0.25) is 0 Å². The minimum atomic E-state index is -4.57. The maximum absolute atomic E-state index is 13.9. The molecule has 280 valence electrons. The summed E-state index contributed by atoms with van der Waals surface area (Å²) in [5.41, 5.74) is 2.14. The molecule has 0 N–H and O–H groups in total. The van der Waals surface area contributed by atoms with Gasteiger partial charge in [0.25, 0.3) is 0 Å². The van der Waals surface area contributed by atoms with E-state index in [1.165, 1.54) is 7.11 Å². The van der Waals surface area contributed by atoms with Gasteiger partial charge >= 0.3 is 12.2 Å². The highest BCUT2D eigenvalue weighted by molar-refractivity contribution is 5.85. The third-order valence-electron chi connectivity index (χ3n) is 9.88. The topological polar surface area (TPSA) is 89.5 Å². The molecular formula is C36H46Cl2F3N5O5. The van der Waals surface area contributed by atoms with E-state index in [9.17, 15) is 18.0 Å². The van der Waals surface area contributed by atoms with E-state index in [0.29, 0.717) is 57.9 Å². The molecule has 3 aromatic rings. The summed E-state index contributed by atoms with van der Waals surface area (Å²) in [5, 5.41) is 0. The van der Waals surface area contributed by atoms with Gasteiger partial charge in [0.1, 0.15) is 0 Å². The van der Waals surface area contributed by atoms with Gasteiger partial charge in [0, 0.05) is 57.3 Å². The van der Waals surface area contributed by atoms with E-state index in [-0.39, 0.29) is 79.6 Å². The maximum Gasteiger partial charge on any atom is 0.422 e. The van der Waals surface area contributed by atoms with Crippen molar-refractivity contribution < 1.29 is 36.9 Å². The molecule has 1 unspecified atom stereocenters. The molecule has 4 heterocycles. The van der Waals surface area contributed by atoms with Crippen LogP contribution in [0, 0.1) is 5.41 Å². The lowest BCUT2D eigenvalue weighted by atomic mass is 9.80. The predicted octanol–water partition coefficient (Wildman–Crippen LogP) is 5.62. The molecule has 6 rings (SSSR count). The lowest BCUT2D eigenvalue weighted by molar-refractivity contribution is -0.177. The SMILES string of the molecule is CCOc1nc(OC)c(CN2CC(C(c3ccccc3)c3ccccc3)N3CCN(C(=O)C4(CC)COC4)C[C@H]3C2)c(OCC(F)(F)F)n1.Cl.Cl. The Morgan fingerprint density at radius 1 is 0.922 bits per heavy atom. The second-order valence-electron chi connectivity index (χ2n) is 13.0. The molecule has 1 aromatic heterocycles. The van der Waals surface area contributed by atoms with Crippen molar-refractivity contribution in [3.63, 3.8) is 0 Å². The van der Waals surface area contributed by atoms with E-state index in [2.05, 4.69) is 44.0 Å². The average Bonchev–Trinajstić information content (AvgIpc) is 3.08. The predicted molar refractivity (Wildman–Crippen MR) is 190 cm³/mol. The number of nitrogens with zero attached hydrogens (tertiary/aromatic N) is 5. The Bertz CT molecular complexity index is 1530. The van der Waals surface area contributed by atoms with Gasteiger partial charge in [0.05, 0.1) is 37.9 Å². The van der Waals surface area contributed by atoms with Gasteiger partial charge in [-0.1, -0.05) is 67.6 Å². The number of aromatic nitrogens is 2. The summed E-state index contributed by atoms with van der Waals surface area (Å²) >= 11 is 0. The summed E-state index contributed by atoms with van der Waals surface area (Å²) in [7, 11) is 1.41. The van der Waals surface area contributed by atoms with Crippen molar-refractivity contribution in [2.45, 2.75) is 51.0 Å². The molecule has 51 heavy (non-hydrogen) atoms. The van der Waals surface area contributed by atoms with Crippen LogP contribution in [0.1, 0.15) is 42.9 Å². The van der Waals surface area contributed by atoms with Crippen LogP contribution >= 0.6 is 24.8 Å². The van der Waals surface area contributed by atoms with E-state index < -0.39 is 18.2 Å². The highest BCUT2D eigenvalue weighted by atomic mass is 35.5. The number of amides is 1. The number of hydrogen-bond acceptors (Lipinski definition) is 9. The number of ether oxygens (including phenoxy) is 4. The first-order valence-electron chi connectivity index (χ1n) is 16.9. The molecule has 3 aliphatic rings. The smallest absolute Gasteiger partial charge is 0.422 e. The number of piperazine rings is 2. The van der Waals surface area contributed by atoms with E-state index in [1.807, 2.05) is 48.2 Å². The van der Waals surface area contributed by atoms with Gasteiger partial charge < -0.3 is 23.8 Å². The van der Waals surface area contributed by atoms with Crippen LogP contribution in [0.3, 0.4) is 0 Å². The molecule has 1 amide bonds. The fourth-order valence-corrected chi connectivity index (χ4v) is 7.36. The Labute approximate surface area is 309 Å². The summed E-state index contributed by atoms with van der Waals surface area (Å²) < 4.78 is 61.9. The normalized spacial score (nSPS) is 20.3. The first-order chi connectivity index (χ1) is 23.6. The largest absolute Gasteiger partial charge is 0.481 e. The second kappa shape index (κ2) is 17.4. The number of methoxy groups -OCH3 is 1. The molecule has 0 spiro atoms. The molecule has 2 aromatic carbocycles. The van der Waals surface area contributed by atoms with E-state index in [1.54, 1.807) is 6.92 Å². The first-order valence-corrected chi connectivity index (χ1v) is 16.9. The Morgan fingerprint density at radius 2 is 1.55 bits per heavy atom. The second-order valence-corrected chi connectivity index (χ2v) is 13.0. The van der Waals surface area contributed by atoms with Crippen molar-refractivity contribution in [3.05, 3.63) is 77.4 Å². The van der Waals surface area contributed by atoms with Crippen LogP contribution in [0.4, 0.5) is 13.2 Å². The highest BCUT2D eigenvalue weighted by Gasteiger charge is 2.49. The van der Waals surface area contributed by atoms with Gasteiger partial charge in [0.2, 0.25) is 17.7 Å². The number of hydrogen-bond donors (Lipinski definition) is 0. The molecule has 3 aliphatic heterocycles. The van der Waals surface area contributed by atoms with Gasteiger partial charge in [-0.3, -0.25) is 14.6 Å². The van der Waals surface area contributed by atoms with Gasteiger partial charge in [-0.05, 0) is 24.5 Å². The number of rotatable bonds is 12. The van der Waals surface area contributed by atoms with Crippen LogP contribution in [0.25, 0.3) is 0 Å². The van der Waals surface area contributed by atoms with Gasteiger partial charge in [-0.25, -0.2) is 0 Å². The Balaban J connectivity index is 0.00000292. The van der Waals surface area contributed by atoms with Crippen molar-refractivity contribution in [2.75, 3.05) is 66.3 Å². The van der Waals surface area contributed by atoms with Crippen LogP contribution < -0.4 is 14.2 Å². The molecule has 0 bridgehead atoms. The standard InChI is InChI=1S/C36H44F3N5O5.2ClH/c1-4-35(22-47-23-35)33(45)43-16-17-44-27(19-43)18-42(21-29(44)30(25-12-8-6-9-13-25)26-14-10-7-11-15-26)20-28-31(46-3)40-34(48-5-2)41-32(28)49-24-36(37,38)39;;/h6-15,27,29-30H,4-5,16-24H2,1-3H3;2*1H/t27-,29?;;/m1../s1. The third kappa shape index (κ3) is 9.00. The van der Waals surface area contributed by atoms with E-state index >= 15 is 0 Å². The zero-order valence-electron chi connectivity index (χ0n) is 29.0. The molecule has 3 saturated heterocycles. The Morgan fingerprint density at radius 3 is 2.08 bits per heavy atom. The summed E-state index contributed by atoms with van der Waals surface area (Å²) in [6.07, 6.45) is -3.86. The number of fused-ring (bicyclic) bond motifs is 1. The van der Waals surface area contributed by atoms with Crippen molar-refractivity contribution >= 4 is 30.7 Å². The Hall–Kier alpha value is -3.36. The number of carbonyl (C=O) groups excluding carboxylic acids is 1. The first kappa shape index (κ1) is 40.4. The van der Waals surface area contributed by atoms with Crippen LogP contribution in [-0.4, -0.2) is 115 Å². The van der Waals surface area contributed by atoms with Crippen molar-refractivity contribution in [3.8, 4) is 17.8 Å². The number of benzene rings is 2. The molecular weight excluding hydrogens is 710 g/mol. The zero-order valence-corrected chi connectivity index (χ0v) is 30.6. The molecule has 0 aliphatic carbocycles. The molecule has 2 atom stereocenters. The number of carbonyl (C=O) groups is 1. The molecule has 10 nitrogen and oxygen atoms in total. The number of alkyl halides is 3. The fraction of sp³-hybridized carbons (Fsp3) is 0.528. The van der Waals surface area contributed by atoms with Crippen LogP contribution in [0.15, 0.2) is 60.7 Å². The summed E-state index contributed by atoms with van der Waals surface area (Å²) in [5.74, 6) is -0.0322. The van der Waals surface area contributed by atoms with Crippen molar-refractivity contribution in [1.29, 1.82) is 0 Å². The van der Waals surface area contributed by atoms with Crippen LogP contribution in [0.5, 0.6) is 17.8 Å². The lowest BCUT2D eigenvalue weighted by Crippen LogP contribution is -2.69. The van der Waals surface area contributed by atoms with E-state index in [0.717, 1.165) is 11.1 Å². The fourth-order valence-electron chi connectivity index (χ4n) is 7.36. The monoisotopic (exact) mass is 755 g/mol. The number of halogens is 5. The highest BCUT2D eigenvalue weighted by Crippen LogP contribution is 2.39. The van der Waals surface area contributed by atoms with Gasteiger partial charge in [0.15, 0.2) is 6.61 Å². The van der Waals surface area contributed by atoms with Crippen molar-refractivity contribution in [2.24, 2.45) is 5.41 Å². The van der Waals surface area contributed by atoms with Gasteiger partial charge in [-0.15, -0.1) is 24.8 Å². The minimum Gasteiger partial charge on any atom is -0.481 e. The molecule has 15 heteroatoms. The third-order valence-corrected chi connectivity index (χ3v) is 9.88. The molecule has 0 saturated carbocycles. The quantitative estimate of drug-likeness (QED) is 0.234. The van der Waals surface area contributed by atoms with Crippen LogP contribution in [-0.2, 0) is 16.1 Å². The minimum absolute atomic E-state index is 0. The molecule has 0 radical (unpaired) electrons. The summed E-state index contributed by atoms with van der Waals surface area (Å²) in [4.78, 5) is 29.1. The van der Waals surface area contributed by atoms with E-state index in [4.69, 9.17) is 18.9 Å². The average molecular weight is 757 g/mol. The molecule has 3 fully saturated rings.